The zero-order chi connectivity index (χ0) is 10.5. The second-order valence-corrected chi connectivity index (χ2v) is 3.68. The van der Waals surface area contributed by atoms with Gasteiger partial charge >= 0.3 is 5.97 Å². The molecule has 0 spiro atoms. The van der Waals surface area contributed by atoms with Crippen molar-refractivity contribution in [1.29, 1.82) is 0 Å². The molecule has 0 radical (unpaired) electrons. The Balaban J connectivity index is 1.95. The molecule has 0 amide bonds. The quantitative estimate of drug-likeness (QED) is 0.544. The normalized spacial score (nSPS) is 19.9. The molecule has 1 aromatic rings. The lowest BCUT2D eigenvalue weighted by atomic mass is 10.0. The van der Waals surface area contributed by atoms with E-state index in [0.29, 0.717) is 5.56 Å². The first-order valence-electron chi connectivity index (χ1n) is 5.27. The maximum atomic E-state index is 11.7. The summed E-state index contributed by atoms with van der Waals surface area (Å²) in [5.74, 6) is -0.212. The Morgan fingerprint density at radius 1 is 1.20 bits per heavy atom. The van der Waals surface area contributed by atoms with Gasteiger partial charge in [0.2, 0.25) is 0 Å². The van der Waals surface area contributed by atoms with Crippen LogP contribution in [0.5, 0.6) is 0 Å². The van der Waals surface area contributed by atoms with E-state index in [1.165, 1.54) is 0 Å². The van der Waals surface area contributed by atoms with Gasteiger partial charge in [-0.05, 0) is 25.0 Å². The molecule has 0 fully saturated rings. The van der Waals surface area contributed by atoms with Gasteiger partial charge in [-0.3, -0.25) is 0 Å². The van der Waals surface area contributed by atoms with E-state index in [1.54, 1.807) is 12.1 Å². The van der Waals surface area contributed by atoms with Crippen LogP contribution in [0.2, 0.25) is 0 Å². The molecule has 2 heteroatoms. The SMILES string of the molecule is O=C(OC1CC=CCC1)c1ccccc1. The molecule has 78 valence electrons. The first-order valence-corrected chi connectivity index (χ1v) is 5.27. The first kappa shape index (κ1) is 9.97. The Bertz CT molecular complexity index is 354. The van der Waals surface area contributed by atoms with E-state index in [9.17, 15) is 4.79 Å². The van der Waals surface area contributed by atoms with E-state index >= 15 is 0 Å². The highest BCUT2D eigenvalue weighted by molar-refractivity contribution is 5.89. The Kier molecular flexibility index (Phi) is 3.18. The van der Waals surface area contributed by atoms with Gasteiger partial charge in [0.05, 0.1) is 5.56 Å². The summed E-state index contributed by atoms with van der Waals surface area (Å²) in [7, 11) is 0. The molecule has 0 bridgehead atoms. The first-order chi connectivity index (χ1) is 7.36. The Morgan fingerprint density at radius 3 is 2.67 bits per heavy atom. The lowest BCUT2D eigenvalue weighted by Gasteiger charge is -2.18. The molecule has 0 saturated carbocycles. The van der Waals surface area contributed by atoms with Crippen molar-refractivity contribution < 1.29 is 9.53 Å². The van der Waals surface area contributed by atoms with Gasteiger partial charge in [-0.1, -0.05) is 30.4 Å². The fraction of sp³-hybridized carbons (Fsp3) is 0.308. The average Bonchev–Trinajstić information content (AvgIpc) is 2.31. The van der Waals surface area contributed by atoms with Crippen molar-refractivity contribution in [1.82, 2.24) is 0 Å². The highest BCUT2D eigenvalue weighted by Gasteiger charge is 2.15. The Morgan fingerprint density at radius 2 is 2.00 bits per heavy atom. The maximum Gasteiger partial charge on any atom is 0.338 e. The minimum atomic E-state index is -0.212. The van der Waals surface area contributed by atoms with E-state index in [-0.39, 0.29) is 12.1 Å². The highest BCUT2D eigenvalue weighted by atomic mass is 16.5. The monoisotopic (exact) mass is 202 g/mol. The lowest BCUT2D eigenvalue weighted by molar-refractivity contribution is 0.0282. The van der Waals surface area contributed by atoms with Crippen LogP contribution in [0.4, 0.5) is 0 Å². The predicted octanol–water partition coefficient (Wildman–Crippen LogP) is 2.95. The predicted molar refractivity (Wildman–Crippen MR) is 58.6 cm³/mol. The molecular weight excluding hydrogens is 188 g/mol. The molecule has 0 saturated heterocycles. The summed E-state index contributed by atoms with van der Waals surface area (Å²) in [6, 6.07) is 9.14. The zero-order valence-corrected chi connectivity index (χ0v) is 8.56. The summed E-state index contributed by atoms with van der Waals surface area (Å²) in [6.07, 6.45) is 7.06. The number of esters is 1. The van der Waals surface area contributed by atoms with Gasteiger partial charge in [-0.25, -0.2) is 4.79 Å². The highest BCUT2D eigenvalue weighted by Crippen LogP contribution is 2.16. The van der Waals surface area contributed by atoms with E-state index in [4.69, 9.17) is 4.74 Å². The number of hydrogen-bond acceptors (Lipinski definition) is 2. The average molecular weight is 202 g/mol. The van der Waals surface area contributed by atoms with Crippen LogP contribution >= 0.6 is 0 Å². The fourth-order valence-corrected chi connectivity index (χ4v) is 1.67. The molecule has 2 nitrogen and oxygen atoms in total. The van der Waals surface area contributed by atoms with Gasteiger partial charge in [-0.2, -0.15) is 0 Å². The van der Waals surface area contributed by atoms with Crippen molar-refractivity contribution in [2.45, 2.75) is 25.4 Å². The second kappa shape index (κ2) is 4.78. The number of allylic oxidation sites excluding steroid dienone is 1. The summed E-state index contributed by atoms with van der Waals surface area (Å²) in [5, 5.41) is 0. The summed E-state index contributed by atoms with van der Waals surface area (Å²) in [4.78, 5) is 11.7. The Labute approximate surface area is 89.6 Å². The number of ether oxygens (including phenoxy) is 1. The van der Waals surface area contributed by atoms with Crippen LogP contribution in [0.3, 0.4) is 0 Å². The smallest absolute Gasteiger partial charge is 0.338 e. The van der Waals surface area contributed by atoms with E-state index < -0.39 is 0 Å². The van der Waals surface area contributed by atoms with Gasteiger partial charge in [0.25, 0.3) is 0 Å². The van der Waals surface area contributed by atoms with Crippen molar-refractivity contribution in [2.24, 2.45) is 0 Å². The molecule has 1 aliphatic rings. The van der Waals surface area contributed by atoms with Crippen LogP contribution in [-0.4, -0.2) is 12.1 Å². The third kappa shape index (κ3) is 2.69. The van der Waals surface area contributed by atoms with Crippen LogP contribution in [0.15, 0.2) is 42.5 Å². The summed E-state index contributed by atoms with van der Waals surface area (Å²) >= 11 is 0. The van der Waals surface area contributed by atoms with Gasteiger partial charge in [0, 0.05) is 6.42 Å². The van der Waals surface area contributed by atoms with Gasteiger partial charge in [0.1, 0.15) is 6.10 Å². The van der Waals surface area contributed by atoms with Crippen molar-refractivity contribution in [3.8, 4) is 0 Å². The van der Waals surface area contributed by atoms with E-state index in [1.807, 2.05) is 18.2 Å². The van der Waals surface area contributed by atoms with Crippen LogP contribution < -0.4 is 0 Å². The molecule has 15 heavy (non-hydrogen) atoms. The summed E-state index contributed by atoms with van der Waals surface area (Å²) < 4.78 is 5.39. The number of carbonyl (C=O) groups is 1. The standard InChI is InChI=1S/C13H14O2/c14-13(11-7-3-1-4-8-11)15-12-9-5-2-6-10-12/h1-5,7-8,12H,6,9-10H2. The minimum Gasteiger partial charge on any atom is -0.458 e. The van der Waals surface area contributed by atoms with Crippen LogP contribution in [0, 0.1) is 0 Å². The molecule has 1 aromatic carbocycles. The molecule has 1 aliphatic carbocycles. The number of carbonyl (C=O) groups excluding carboxylic acids is 1. The second-order valence-electron chi connectivity index (χ2n) is 3.68. The summed E-state index contributed by atoms with van der Waals surface area (Å²) in [5.41, 5.74) is 0.632. The van der Waals surface area contributed by atoms with Gasteiger partial charge in [0.15, 0.2) is 0 Å². The largest absolute Gasteiger partial charge is 0.458 e. The molecule has 0 aromatic heterocycles. The van der Waals surface area contributed by atoms with Gasteiger partial charge in [-0.15, -0.1) is 0 Å². The van der Waals surface area contributed by atoms with Crippen LogP contribution in [0.1, 0.15) is 29.6 Å². The molecule has 1 unspecified atom stereocenters. The third-order valence-electron chi connectivity index (χ3n) is 2.50. The van der Waals surface area contributed by atoms with Crippen LogP contribution in [-0.2, 0) is 4.74 Å². The minimum absolute atomic E-state index is 0.0581. The van der Waals surface area contributed by atoms with Crippen molar-refractivity contribution in [3.05, 3.63) is 48.0 Å². The van der Waals surface area contributed by atoms with Crippen molar-refractivity contribution in [3.63, 3.8) is 0 Å². The zero-order valence-electron chi connectivity index (χ0n) is 8.56. The fourth-order valence-electron chi connectivity index (χ4n) is 1.67. The van der Waals surface area contributed by atoms with Gasteiger partial charge < -0.3 is 4.74 Å². The number of rotatable bonds is 2. The third-order valence-corrected chi connectivity index (χ3v) is 2.50. The number of benzene rings is 1. The molecule has 2 rings (SSSR count). The lowest BCUT2D eigenvalue weighted by Crippen LogP contribution is -2.19. The molecular formula is C13H14O2. The topological polar surface area (TPSA) is 26.3 Å². The number of hydrogen-bond donors (Lipinski definition) is 0. The molecule has 0 heterocycles. The molecule has 0 aliphatic heterocycles. The Hall–Kier alpha value is -1.57. The van der Waals surface area contributed by atoms with Crippen LogP contribution in [0.25, 0.3) is 0 Å². The van der Waals surface area contributed by atoms with E-state index in [2.05, 4.69) is 12.2 Å². The summed E-state index contributed by atoms with van der Waals surface area (Å²) in [6.45, 7) is 0. The maximum absolute atomic E-state index is 11.7. The molecule has 0 N–H and O–H groups in total. The van der Waals surface area contributed by atoms with Crippen molar-refractivity contribution in [2.75, 3.05) is 0 Å². The van der Waals surface area contributed by atoms with E-state index in [0.717, 1.165) is 19.3 Å². The van der Waals surface area contributed by atoms with Crippen molar-refractivity contribution >= 4 is 5.97 Å². The molecule has 1 atom stereocenters.